The molecule has 0 fully saturated rings. The monoisotopic (exact) mass is 274 g/mol. The zero-order valence-electron chi connectivity index (χ0n) is 10.9. The molecule has 0 saturated heterocycles. The second kappa shape index (κ2) is 5.85. The Bertz CT molecular complexity index is 594. The van der Waals surface area contributed by atoms with Crippen molar-refractivity contribution in [3.8, 4) is 0 Å². The van der Waals surface area contributed by atoms with Crippen molar-refractivity contribution in [2.45, 2.75) is 19.7 Å². The average molecular weight is 275 g/mol. The van der Waals surface area contributed by atoms with Gasteiger partial charge in [-0.05, 0) is 43.7 Å². The van der Waals surface area contributed by atoms with Gasteiger partial charge in [0.2, 0.25) is 0 Å². The van der Waals surface area contributed by atoms with Crippen LogP contribution in [0.5, 0.6) is 0 Å². The van der Waals surface area contributed by atoms with Gasteiger partial charge in [-0.15, -0.1) is 11.6 Å². The van der Waals surface area contributed by atoms with Gasteiger partial charge in [0.15, 0.2) is 0 Å². The van der Waals surface area contributed by atoms with Gasteiger partial charge in [0, 0.05) is 17.1 Å². The molecule has 1 amide bonds. The second-order valence-electron chi connectivity index (χ2n) is 4.37. The topological polar surface area (TPSA) is 42.0 Å². The van der Waals surface area contributed by atoms with E-state index in [1.54, 1.807) is 12.1 Å². The van der Waals surface area contributed by atoms with E-state index in [9.17, 15) is 4.79 Å². The molecule has 0 aliphatic heterocycles. The first-order valence-electron chi connectivity index (χ1n) is 6.00. The van der Waals surface area contributed by atoms with Crippen LogP contribution in [0.4, 0.5) is 5.69 Å². The van der Waals surface area contributed by atoms with Gasteiger partial charge in [-0.1, -0.05) is 12.1 Å². The molecule has 2 aromatic rings. The summed E-state index contributed by atoms with van der Waals surface area (Å²) in [6, 6.07) is 11.0. The Morgan fingerprint density at radius 3 is 2.42 bits per heavy atom. The van der Waals surface area contributed by atoms with Crippen molar-refractivity contribution < 1.29 is 4.79 Å². The zero-order chi connectivity index (χ0) is 13.8. The van der Waals surface area contributed by atoms with Gasteiger partial charge in [0.1, 0.15) is 0 Å². The van der Waals surface area contributed by atoms with Crippen LogP contribution in [0, 0.1) is 13.8 Å². The first-order valence-corrected chi connectivity index (χ1v) is 6.54. The maximum absolute atomic E-state index is 12.1. The Morgan fingerprint density at radius 1 is 1.16 bits per heavy atom. The Labute approximate surface area is 117 Å². The van der Waals surface area contributed by atoms with E-state index >= 15 is 0 Å². The third kappa shape index (κ3) is 3.32. The van der Waals surface area contributed by atoms with E-state index in [1.807, 2.05) is 38.1 Å². The summed E-state index contributed by atoms with van der Waals surface area (Å²) < 4.78 is 0. The standard InChI is InChI=1S/C15H15ClN2O/c1-10-3-8-14(11(2)17-10)18-15(19)13-6-4-12(9-16)5-7-13/h3-8H,9H2,1-2H3,(H,18,19). The molecule has 0 bridgehead atoms. The van der Waals surface area contributed by atoms with Crippen LogP contribution in [0.15, 0.2) is 36.4 Å². The Kier molecular flexibility index (Phi) is 4.17. The van der Waals surface area contributed by atoms with E-state index in [0.29, 0.717) is 11.4 Å². The van der Waals surface area contributed by atoms with Crippen molar-refractivity contribution in [2.75, 3.05) is 5.32 Å². The summed E-state index contributed by atoms with van der Waals surface area (Å²) in [5, 5.41) is 2.86. The molecule has 0 saturated carbocycles. The number of carbonyl (C=O) groups is 1. The van der Waals surface area contributed by atoms with E-state index in [-0.39, 0.29) is 5.91 Å². The summed E-state index contributed by atoms with van der Waals surface area (Å²) in [7, 11) is 0. The molecular formula is C15H15ClN2O. The van der Waals surface area contributed by atoms with Crippen molar-refractivity contribution in [1.82, 2.24) is 4.98 Å². The van der Waals surface area contributed by atoms with Gasteiger partial charge < -0.3 is 5.32 Å². The number of carbonyl (C=O) groups excluding carboxylic acids is 1. The smallest absolute Gasteiger partial charge is 0.255 e. The molecular weight excluding hydrogens is 260 g/mol. The summed E-state index contributed by atoms with van der Waals surface area (Å²) in [5.74, 6) is 0.304. The van der Waals surface area contributed by atoms with Gasteiger partial charge in [-0.3, -0.25) is 9.78 Å². The SMILES string of the molecule is Cc1ccc(NC(=O)c2ccc(CCl)cc2)c(C)n1. The molecule has 0 atom stereocenters. The minimum absolute atomic E-state index is 0.144. The number of aryl methyl sites for hydroxylation is 2. The highest BCUT2D eigenvalue weighted by molar-refractivity contribution is 6.17. The Hall–Kier alpha value is -1.87. The summed E-state index contributed by atoms with van der Waals surface area (Å²) >= 11 is 5.72. The number of halogens is 1. The maximum atomic E-state index is 12.1. The molecule has 3 nitrogen and oxygen atoms in total. The van der Waals surface area contributed by atoms with Crippen LogP contribution < -0.4 is 5.32 Å². The minimum Gasteiger partial charge on any atom is -0.320 e. The molecule has 2 rings (SSSR count). The van der Waals surface area contributed by atoms with Crippen LogP contribution in [-0.4, -0.2) is 10.9 Å². The van der Waals surface area contributed by atoms with Gasteiger partial charge in [-0.2, -0.15) is 0 Å². The number of aromatic nitrogens is 1. The number of benzene rings is 1. The number of rotatable bonds is 3. The van der Waals surface area contributed by atoms with Crippen LogP contribution in [0.3, 0.4) is 0 Å². The Balaban J connectivity index is 2.15. The van der Waals surface area contributed by atoms with E-state index in [0.717, 1.165) is 22.6 Å². The highest BCUT2D eigenvalue weighted by Gasteiger charge is 2.08. The molecule has 98 valence electrons. The lowest BCUT2D eigenvalue weighted by Crippen LogP contribution is -2.13. The van der Waals surface area contributed by atoms with Crippen LogP contribution in [-0.2, 0) is 5.88 Å². The van der Waals surface area contributed by atoms with Gasteiger partial charge in [0.05, 0.1) is 11.4 Å². The number of nitrogens with zero attached hydrogens (tertiary/aromatic N) is 1. The van der Waals surface area contributed by atoms with Crippen molar-refractivity contribution >= 4 is 23.2 Å². The number of hydrogen-bond donors (Lipinski definition) is 1. The summed E-state index contributed by atoms with van der Waals surface area (Å²) in [5.41, 5.74) is 4.07. The third-order valence-electron chi connectivity index (χ3n) is 2.84. The number of nitrogens with one attached hydrogen (secondary N) is 1. The predicted molar refractivity (Wildman–Crippen MR) is 77.7 cm³/mol. The molecule has 1 aromatic heterocycles. The summed E-state index contributed by atoms with van der Waals surface area (Å²) in [6.07, 6.45) is 0. The molecule has 19 heavy (non-hydrogen) atoms. The van der Waals surface area contributed by atoms with Gasteiger partial charge >= 0.3 is 0 Å². The average Bonchev–Trinajstić information content (AvgIpc) is 2.42. The van der Waals surface area contributed by atoms with Crippen molar-refractivity contribution in [2.24, 2.45) is 0 Å². The van der Waals surface area contributed by atoms with Crippen LogP contribution in [0.1, 0.15) is 27.3 Å². The summed E-state index contributed by atoms with van der Waals surface area (Å²) in [4.78, 5) is 16.4. The molecule has 0 radical (unpaired) electrons. The molecule has 4 heteroatoms. The fourth-order valence-electron chi connectivity index (χ4n) is 1.76. The predicted octanol–water partition coefficient (Wildman–Crippen LogP) is 3.69. The molecule has 0 aliphatic carbocycles. The molecule has 1 heterocycles. The lowest BCUT2D eigenvalue weighted by Gasteiger charge is -2.08. The first-order chi connectivity index (χ1) is 9.10. The van der Waals surface area contributed by atoms with Gasteiger partial charge in [0.25, 0.3) is 5.91 Å². The van der Waals surface area contributed by atoms with E-state index in [1.165, 1.54) is 0 Å². The first kappa shape index (κ1) is 13.6. The molecule has 0 spiro atoms. The molecule has 1 aromatic carbocycles. The molecule has 0 aliphatic rings. The number of pyridine rings is 1. The van der Waals surface area contributed by atoms with Crippen molar-refractivity contribution in [1.29, 1.82) is 0 Å². The van der Waals surface area contributed by atoms with Gasteiger partial charge in [-0.25, -0.2) is 0 Å². The number of hydrogen-bond acceptors (Lipinski definition) is 2. The highest BCUT2D eigenvalue weighted by Crippen LogP contribution is 2.15. The zero-order valence-corrected chi connectivity index (χ0v) is 11.7. The molecule has 1 N–H and O–H groups in total. The van der Waals surface area contributed by atoms with E-state index < -0.39 is 0 Å². The highest BCUT2D eigenvalue weighted by atomic mass is 35.5. The quantitative estimate of drug-likeness (QED) is 0.868. The lowest BCUT2D eigenvalue weighted by molar-refractivity contribution is 0.102. The third-order valence-corrected chi connectivity index (χ3v) is 3.15. The number of alkyl halides is 1. The fourth-order valence-corrected chi connectivity index (χ4v) is 1.94. The second-order valence-corrected chi connectivity index (χ2v) is 4.64. The maximum Gasteiger partial charge on any atom is 0.255 e. The van der Waals surface area contributed by atoms with Crippen molar-refractivity contribution in [3.05, 3.63) is 58.9 Å². The Morgan fingerprint density at radius 2 is 1.84 bits per heavy atom. The minimum atomic E-state index is -0.144. The van der Waals surface area contributed by atoms with Crippen LogP contribution in [0.25, 0.3) is 0 Å². The number of anilines is 1. The van der Waals surface area contributed by atoms with Crippen LogP contribution >= 0.6 is 11.6 Å². The van der Waals surface area contributed by atoms with E-state index in [4.69, 9.17) is 11.6 Å². The number of amides is 1. The van der Waals surface area contributed by atoms with Crippen molar-refractivity contribution in [3.63, 3.8) is 0 Å². The van der Waals surface area contributed by atoms with E-state index in [2.05, 4.69) is 10.3 Å². The largest absolute Gasteiger partial charge is 0.320 e. The lowest BCUT2D eigenvalue weighted by atomic mass is 10.1. The summed E-state index contributed by atoms with van der Waals surface area (Å²) in [6.45, 7) is 3.79. The van der Waals surface area contributed by atoms with Crippen LogP contribution in [0.2, 0.25) is 0 Å². The normalized spacial score (nSPS) is 10.3. The molecule has 0 unspecified atom stereocenters. The fraction of sp³-hybridized carbons (Fsp3) is 0.200.